The summed E-state index contributed by atoms with van der Waals surface area (Å²) in [4.78, 5) is 0. The van der Waals surface area contributed by atoms with Crippen LogP contribution in [-0.2, 0) is 38.9 Å². The fraction of sp³-hybridized carbons (Fsp3) is 0.667. The maximum absolute atomic E-state index is 9.86. The Kier molecular flexibility index (Phi) is 4.42. The third kappa shape index (κ3) is 2.40. The van der Waals surface area contributed by atoms with Gasteiger partial charge in [-0.15, -0.1) is 0 Å². The highest BCUT2D eigenvalue weighted by Crippen LogP contribution is 2.36. The second kappa shape index (κ2) is 6.28. The minimum absolute atomic E-state index is 0.0888. The number of benzene rings is 1. The van der Waals surface area contributed by atoms with Crippen molar-refractivity contribution in [2.75, 3.05) is 0 Å². The molecule has 0 heterocycles. The second-order valence-electron chi connectivity index (χ2n) is 6.31. The molecule has 110 valence electrons. The molecule has 0 bridgehead atoms. The molecule has 2 heteroatoms. The lowest BCUT2D eigenvalue weighted by atomic mass is 9.83. The van der Waals surface area contributed by atoms with E-state index in [1.807, 2.05) is 0 Å². The summed E-state index contributed by atoms with van der Waals surface area (Å²) >= 11 is 0. The van der Waals surface area contributed by atoms with Crippen molar-refractivity contribution >= 4 is 0 Å². The van der Waals surface area contributed by atoms with Gasteiger partial charge in [-0.3, -0.25) is 0 Å². The Morgan fingerprint density at radius 3 is 1.20 bits per heavy atom. The van der Waals surface area contributed by atoms with Gasteiger partial charge in [0.25, 0.3) is 0 Å². The van der Waals surface area contributed by atoms with Crippen LogP contribution >= 0.6 is 0 Å². The topological polar surface area (TPSA) is 40.5 Å². The number of hydrogen-bond donors (Lipinski definition) is 2. The molecule has 0 fully saturated rings. The van der Waals surface area contributed by atoms with Gasteiger partial charge in [0.15, 0.2) is 0 Å². The van der Waals surface area contributed by atoms with E-state index >= 15 is 0 Å². The molecule has 1 aromatic carbocycles. The predicted octanol–water partition coefficient (Wildman–Crippen LogP) is 3.21. The molecule has 0 unspecified atom stereocenters. The molecule has 2 aliphatic rings. The Balaban J connectivity index is 2.23. The maximum Gasteiger partial charge on any atom is 0.0688 e. The van der Waals surface area contributed by atoms with Crippen LogP contribution in [0.5, 0.6) is 0 Å². The number of aliphatic hydroxyl groups excluding tert-OH is 2. The van der Waals surface area contributed by atoms with Crippen molar-refractivity contribution in [3.8, 4) is 0 Å². The molecule has 2 N–H and O–H groups in total. The third-order valence-corrected chi connectivity index (χ3v) is 5.21. The monoisotopic (exact) mass is 274 g/mol. The molecule has 1 aromatic rings. The molecule has 0 atom stereocenters. The SMILES string of the molecule is OCc1c(CO)c2c(c3c1CCCCC3)CCCCC2. The Morgan fingerprint density at radius 1 is 0.500 bits per heavy atom. The van der Waals surface area contributed by atoms with Crippen LogP contribution in [0.4, 0.5) is 0 Å². The largest absolute Gasteiger partial charge is 0.392 e. The second-order valence-corrected chi connectivity index (χ2v) is 6.31. The summed E-state index contributed by atoms with van der Waals surface area (Å²) in [7, 11) is 0. The average Bonchev–Trinajstić information content (AvgIpc) is 2.85. The van der Waals surface area contributed by atoms with Gasteiger partial charge in [-0.1, -0.05) is 12.8 Å². The maximum atomic E-state index is 9.86. The highest BCUT2D eigenvalue weighted by molar-refractivity contribution is 5.53. The van der Waals surface area contributed by atoms with Crippen LogP contribution in [0.2, 0.25) is 0 Å². The van der Waals surface area contributed by atoms with E-state index < -0.39 is 0 Å². The third-order valence-electron chi connectivity index (χ3n) is 5.21. The first-order valence-electron chi connectivity index (χ1n) is 8.25. The molecule has 20 heavy (non-hydrogen) atoms. The van der Waals surface area contributed by atoms with Crippen LogP contribution in [0.15, 0.2) is 0 Å². The summed E-state index contributed by atoms with van der Waals surface area (Å²) < 4.78 is 0. The number of fused-ring (bicyclic) bond motifs is 3. The predicted molar refractivity (Wildman–Crippen MR) is 80.8 cm³/mol. The standard InChI is InChI=1S/C18H26O2/c19-11-17-15-9-5-1-3-7-13(15)14-8-4-2-6-10-16(14)18(17)12-20/h19-20H,1-12H2. The van der Waals surface area contributed by atoms with Gasteiger partial charge in [-0.2, -0.15) is 0 Å². The van der Waals surface area contributed by atoms with Crippen molar-refractivity contribution in [3.63, 3.8) is 0 Å². The van der Waals surface area contributed by atoms with E-state index in [9.17, 15) is 10.2 Å². The first kappa shape index (κ1) is 14.1. The van der Waals surface area contributed by atoms with Gasteiger partial charge in [0.1, 0.15) is 0 Å². The van der Waals surface area contributed by atoms with Gasteiger partial charge in [0.2, 0.25) is 0 Å². The van der Waals surface area contributed by atoms with Gasteiger partial charge in [-0.05, 0) is 84.7 Å². The van der Waals surface area contributed by atoms with Gasteiger partial charge < -0.3 is 10.2 Å². The van der Waals surface area contributed by atoms with Crippen molar-refractivity contribution in [2.24, 2.45) is 0 Å². The Labute approximate surface area is 121 Å². The van der Waals surface area contributed by atoms with Gasteiger partial charge in [-0.25, -0.2) is 0 Å². The summed E-state index contributed by atoms with van der Waals surface area (Å²) in [6, 6.07) is 0. The zero-order valence-corrected chi connectivity index (χ0v) is 12.4. The van der Waals surface area contributed by atoms with Crippen molar-refractivity contribution in [1.29, 1.82) is 0 Å². The smallest absolute Gasteiger partial charge is 0.0688 e. The van der Waals surface area contributed by atoms with E-state index in [2.05, 4.69) is 0 Å². The Hall–Kier alpha value is -0.860. The number of rotatable bonds is 2. The molecular weight excluding hydrogens is 248 g/mol. The zero-order valence-electron chi connectivity index (χ0n) is 12.4. The normalized spacial score (nSPS) is 18.9. The minimum atomic E-state index is 0.0888. The first-order chi connectivity index (χ1) is 9.86. The van der Waals surface area contributed by atoms with Gasteiger partial charge >= 0.3 is 0 Å². The molecule has 2 nitrogen and oxygen atoms in total. The molecule has 3 rings (SSSR count). The molecule has 0 aliphatic heterocycles. The average molecular weight is 274 g/mol. The van der Waals surface area contributed by atoms with E-state index in [4.69, 9.17) is 0 Å². The van der Waals surface area contributed by atoms with Gasteiger partial charge in [0.05, 0.1) is 13.2 Å². The molecule has 2 aliphatic carbocycles. The quantitative estimate of drug-likeness (QED) is 0.813. The number of aliphatic hydroxyl groups is 2. The van der Waals surface area contributed by atoms with Crippen LogP contribution in [0.3, 0.4) is 0 Å². The van der Waals surface area contributed by atoms with E-state index in [1.165, 1.54) is 62.5 Å². The van der Waals surface area contributed by atoms with Crippen LogP contribution in [-0.4, -0.2) is 10.2 Å². The van der Waals surface area contributed by atoms with Gasteiger partial charge in [0, 0.05) is 0 Å². The number of hydrogen-bond acceptors (Lipinski definition) is 2. The van der Waals surface area contributed by atoms with Crippen LogP contribution in [0.25, 0.3) is 0 Å². The molecule has 0 saturated carbocycles. The fourth-order valence-electron chi connectivity index (χ4n) is 4.24. The molecule has 0 spiro atoms. The van der Waals surface area contributed by atoms with E-state index in [0.717, 1.165) is 24.0 Å². The molecule has 0 saturated heterocycles. The van der Waals surface area contributed by atoms with Crippen molar-refractivity contribution in [2.45, 2.75) is 77.4 Å². The molecule has 0 amide bonds. The molecule has 0 aromatic heterocycles. The van der Waals surface area contributed by atoms with E-state index in [1.54, 1.807) is 11.1 Å². The van der Waals surface area contributed by atoms with Crippen LogP contribution < -0.4 is 0 Å². The fourth-order valence-corrected chi connectivity index (χ4v) is 4.24. The summed E-state index contributed by atoms with van der Waals surface area (Å²) in [6.45, 7) is 0.178. The lowest BCUT2D eigenvalue weighted by molar-refractivity contribution is 0.257. The van der Waals surface area contributed by atoms with Crippen molar-refractivity contribution < 1.29 is 10.2 Å². The van der Waals surface area contributed by atoms with Crippen LogP contribution in [0, 0.1) is 0 Å². The first-order valence-corrected chi connectivity index (χ1v) is 8.25. The highest BCUT2D eigenvalue weighted by atomic mass is 16.3. The lowest BCUT2D eigenvalue weighted by Gasteiger charge is -2.23. The summed E-state index contributed by atoms with van der Waals surface area (Å²) in [6.07, 6.45) is 12.1. The highest BCUT2D eigenvalue weighted by Gasteiger charge is 2.24. The minimum Gasteiger partial charge on any atom is -0.392 e. The van der Waals surface area contributed by atoms with E-state index in [0.29, 0.717) is 0 Å². The summed E-state index contributed by atoms with van der Waals surface area (Å²) in [5, 5.41) is 19.7. The van der Waals surface area contributed by atoms with Crippen LogP contribution in [0.1, 0.15) is 71.9 Å². The van der Waals surface area contributed by atoms with Crippen molar-refractivity contribution in [1.82, 2.24) is 0 Å². The zero-order chi connectivity index (χ0) is 13.9. The Bertz CT molecular complexity index is 446. The summed E-state index contributed by atoms with van der Waals surface area (Å²) in [5.74, 6) is 0. The summed E-state index contributed by atoms with van der Waals surface area (Å²) in [5.41, 5.74) is 7.97. The molecular formula is C18H26O2. The lowest BCUT2D eigenvalue weighted by Crippen LogP contribution is -2.12. The Morgan fingerprint density at radius 2 is 0.850 bits per heavy atom. The van der Waals surface area contributed by atoms with Crippen molar-refractivity contribution in [3.05, 3.63) is 33.4 Å². The molecule has 0 radical (unpaired) electrons. The van der Waals surface area contributed by atoms with E-state index in [-0.39, 0.29) is 13.2 Å².